The number of amides is 1. The molecular weight excluding hydrogens is 346 g/mol. The number of nitrogens with one attached hydrogen (secondary N) is 2. The predicted octanol–water partition coefficient (Wildman–Crippen LogP) is 2.81. The first-order chi connectivity index (χ1) is 12.8. The number of hydrogen-bond donors (Lipinski definition) is 3. The zero-order valence-corrected chi connectivity index (χ0v) is 16.3. The van der Waals surface area contributed by atoms with Crippen LogP contribution >= 0.6 is 0 Å². The van der Waals surface area contributed by atoms with Crippen molar-refractivity contribution in [3.63, 3.8) is 0 Å². The molecule has 27 heavy (non-hydrogen) atoms. The zero-order valence-electron chi connectivity index (χ0n) is 16.3. The summed E-state index contributed by atoms with van der Waals surface area (Å²) in [7, 11) is 3.17. The monoisotopic (exact) mass is 373 g/mol. The van der Waals surface area contributed by atoms with Gasteiger partial charge < -0.3 is 20.6 Å². The Kier molecular flexibility index (Phi) is 6.60. The lowest BCUT2D eigenvalue weighted by Gasteiger charge is -2.20. The normalized spacial score (nSPS) is 12.0. The van der Waals surface area contributed by atoms with E-state index in [0.29, 0.717) is 0 Å². The number of rotatable bonds is 9. The Morgan fingerprint density at radius 1 is 1.15 bits per heavy atom. The second-order valence-electron chi connectivity index (χ2n) is 6.98. The average Bonchev–Trinajstić information content (AvgIpc) is 2.65. The van der Waals surface area contributed by atoms with Crippen LogP contribution in [0.1, 0.15) is 49.9 Å². The van der Waals surface area contributed by atoms with Crippen molar-refractivity contribution in [1.29, 1.82) is 0 Å². The van der Waals surface area contributed by atoms with E-state index in [1.54, 1.807) is 26.2 Å². The number of phenols is 1. The number of hydrogen-bond acceptors (Lipinski definition) is 6. The van der Waals surface area contributed by atoms with Crippen LogP contribution in [0.25, 0.3) is 0 Å². The molecular formula is C20H27N3O4. The molecule has 0 aromatic heterocycles. The topological polar surface area (TPSA) is 98.7 Å². The van der Waals surface area contributed by atoms with Crippen LogP contribution in [0.4, 0.5) is 17.1 Å². The number of anilines is 3. The minimum absolute atomic E-state index is 0.0515. The van der Waals surface area contributed by atoms with Crippen LogP contribution in [0.15, 0.2) is 27.8 Å². The van der Waals surface area contributed by atoms with E-state index in [0.717, 1.165) is 25.7 Å². The summed E-state index contributed by atoms with van der Waals surface area (Å²) in [5.74, 6) is -0.616. The van der Waals surface area contributed by atoms with E-state index in [4.69, 9.17) is 0 Å². The van der Waals surface area contributed by atoms with E-state index < -0.39 is 10.9 Å². The summed E-state index contributed by atoms with van der Waals surface area (Å²) in [6.07, 6.45) is 4.16. The summed E-state index contributed by atoms with van der Waals surface area (Å²) in [5.41, 5.74) is -0.538. The standard InChI is InChI=1S/C20H27N3O4/c1-5-6-7-9-12(2)21-15-16(19(26)18(15)25)22-14-11-8-10-13(17(14)24)20(27)23(3)4/h8,10-12,21-22,24H,5-7,9H2,1-4H3/t12-/m0/s1. The summed E-state index contributed by atoms with van der Waals surface area (Å²) in [6, 6.07) is 4.70. The van der Waals surface area contributed by atoms with Crippen molar-refractivity contribution in [3.05, 3.63) is 44.2 Å². The molecule has 0 bridgehead atoms. The SMILES string of the molecule is CCCCC[C@H](C)Nc1c(Nc2cccc(C(=O)N(C)C)c2O)c(=O)c1=O. The minimum atomic E-state index is -0.637. The maximum atomic E-state index is 12.1. The van der Waals surface area contributed by atoms with Gasteiger partial charge in [0.05, 0.1) is 11.3 Å². The first kappa shape index (κ1) is 20.5. The maximum Gasteiger partial charge on any atom is 0.257 e. The smallest absolute Gasteiger partial charge is 0.257 e. The summed E-state index contributed by atoms with van der Waals surface area (Å²) in [6.45, 7) is 4.09. The molecule has 0 aliphatic carbocycles. The molecule has 146 valence electrons. The average molecular weight is 373 g/mol. The number of aromatic hydroxyl groups is 1. The van der Waals surface area contributed by atoms with E-state index in [-0.39, 0.29) is 40.3 Å². The minimum Gasteiger partial charge on any atom is -0.505 e. The summed E-state index contributed by atoms with van der Waals surface area (Å²) < 4.78 is 0. The van der Waals surface area contributed by atoms with Crippen molar-refractivity contribution in [2.75, 3.05) is 24.7 Å². The van der Waals surface area contributed by atoms with Crippen LogP contribution in [0, 0.1) is 0 Å². The van der Waals surface area contributed by atoms with Gasteiger partial charge in [-0.05, 0) is 25.5 Å². The van der Waals surface area contributed by atoms with Gasteiger partial charge in [-0.15, -0.1) is 0 Å². The molecule has 0 saturated heterocycles. The van der Waals surface area contributed by atoms with Crippen LogP contribution < -0.4 is 21.5 Å². The van der Waals surface area contributed by atoms with E-state index in [1.165, 1.54) is 11.0 Å². The summed E-state index contributed by atoms with van der Waals surface area (Å²) in [5, 5.41) is 16.3. The number of carbonyl (C=O) groups excluding carboxylic acids is 1. The van der Waals surface area contributed by atoms with Crippen LogP contribution in [0.3, 0.4) is 0 Å². The molecule has 0 aliphatic rings. The third-order valence-corrected chi connectivity index (χ3v) is 4.47. The van der Waals surface area contributed by atoms with Crippen molar-refractivity contribution in [3.8, 4) is 5.75 Å². The second-order valence-corrected chi connectivity index (χ2v) is 6.98. The van der Waals surface area contributed by atoms with Gasteiger partial charge in [0.15, 0.2) is 5.75 Å². The van der Waals surface area contributed by atoms with Gasteiger partial charge in [0.2, 0.25) is 0 Å². The van der Waals surface area contributed by atoms with Gasteiger partial charge in [0.1, 0.15) is 11.4 Å². The van der Waals surface area contributed by atoms with Gasteiger partial charge in [0.25, 0.3) is 16.8 Å². The van der Waals surface area contributed by atoms with E-state index >= 15 is 0 Å². The molecule has 7 nitrogen and oxygen atoms in total. The Balaban J connectivity index is 2.21. The first-order valence-corrected chi connectivity index (χ1v) is 9.18. The van der Waals surface area contributed by atoms with Crippen molar-refractivity contribution >= 4 is 23.0 Å². The molecule has 2 aromatic carbocycles. The molecule has 1 atom stereocenters. The highest BCUT2D eigenvalue weighted by molar-refractivity contribution is 5.99. The van der Waals surface area contributed by atoms with E-state index in [1.807, 2.05) is 6.92 Å². The highest BCUT2D eigenvalue weighted by Gasteiger charge is 2.24. The van der Waals surface area contributed by atoms with Gasteiger partial charge in [-0.1, -0.05) is 32.3 Å². The molecule has 0 saturated carbocycles. The number of nitrogens with zero attached hydrogens (tertiary/aromatic N) is 1. The predicted molar refractivity (Wildman–Crippen MR) is 108 cm³/mol. The van der Waals surface area contributed by atoms with Crippen LogP contribution in [0.2, 0.25) is 0 Å². The Hall–Kier alpha value is -2.83. The summed E-state index contributed by atoms with van der Waals surface area (Å²) >= 11 is 0. The highest BCUT2D eigenvalue weighted by atomic mass is 16.3. The fourth-order valence-corrected chi connectivity index (χ4v) is 2.86. The Morgan fingerprint density at radius 2 is 1.81 bits per heavy atom. The molecule has 0 unspecified atom stereocenters. The molecule has 1 amide bonds. The molecule has 0 aliphatic heterocycles. The quantitative estimate of drug-likeness (QED) is 0.355. The fourth-order valence-electron chi connectivity index (χ4n) is 2.86. The number of para-hydroxylation sites is 1. The van der Waals surface area contributed by atoms with Gasteiger partial charge in [-0.2, -0.15) is 0 Å². The van der Waals surface area contributed by atoms with Crippen LogP contribution in [-0.2, 0) is 0 Å². The third-order valence-electron chi connectivity index (χ3n) is 4.47. The Morgan fingerprint density at radius 3 is 2.44 bits per heavy atom. The molecule has 3 N–H and O–H groups in total. The second kappa shape index (κ2) is 8.70. The maximum absolute atomic E-state index is 12.1. The van der Waals surface area contributed by atoms with E-state index in [2.05, 4.69) is 17.6 Å². The van der Waals surface area contributed by atoms with Gasteiger partial charge in [-0.25, -0.2) is 0 Å². The Labute approximate surface area is 158 Å². The zero-order chi connectivity index (χ0) is 20.1. The number of unbranched alkanes of at least 4 members (excludes halogenated alkanes) is 2. The van der Waals surface area contributed by atoms with Gasteiger partial charge in [-0.3, -0.25) is 14.4 Å². The largest absolute Gasteiger partial charge is 0.505 e. The van der Waals surface area contributed by atoms with Crippen LogP contribution in [-0.4, -0.2) is 36.1 Å². The van der Waals surface area contributed by atoms with Gasteiger partial charge >= 0.3 is 0 Å². The lowest BCUT2D eigenvalue weighted by atomic mass is 10.1. The van der Waals surface area contributed by atoms with Crippen LogP contribution in [0.5, 0.6) is 5.75 Å². The van der Waals surface area contributed by atoms with Gasteiger partial charge in [0, 0.05) is 20.1 Å². The van der Waals surface area contributed by atoms with E-state index in [9.17, 15) is 19.5 Å². The number of phenolic OH excluding ortho intramolecular Hbond substituents is 1. The lowest BCUT2D eigenvalue weighted by molar-refractivity contribution is 0.0824. The number of benzene rings is 1. The lowest BCUT2D eigenvalue weighted by Crippen LogP contribution is -2.38. The fraction of sp³-hybridized carbons (Fsp3) is 0.450. The summed E-state index contributed by atoms with van der Waals surface area (Å²) in [4.78, 5) is 37.4. The molecule has 2 rings (SSSR count). The molecule has 0 fully saturated rings. The molecule has 7 heteroatoms. The van der Waals surface area contributed by atoms with Crippen molar-refractivity contribution in [1.82, 2.24) is 4.90 Å². The number of carbonyl (C=O) groups is 1. The molecule has 0 heterocycles. The molecule has 0 radical (unpaired) electrons. The molecule has 2 aromatic rings. The van der Waals surface area contributed by atoms with Crippen molar-refractivity contribution in [2.24, 2.45) is 0 Å². The van der Waals surface area contributed by atoms with Crippen molar-refractivity contribution < 1.29 is 9.90 Å². The molecule has 0 spiro atoms. The highest BCUT2D eigenvalue weighted by Crippen LogP contribution is 2.32. The Bertz CT molecular complexity index is 882. The van der Waals surface area contributed by atoms with Crippen molar-refractivity contribution in [2.45, 2.75) is 45.6 Å². The first-order valence-electron chi connectivity index (χ1n) is 9.18. The third kappa shape index (κ3) is 4.48.